The Morgan fingerprint density at radius 2 is 1.84 bits per heavy atom. The minimum Gasteiger partial charge on any atom is -0.299 e. The highest BCUT2D eigenvalue weighted by molar-refractivity contribution is 7.07. The van der Waals surface area contributed by atoms with Gasteiger partial charge >= 0.3 is 0 Å². The van der Waals surface area contributed by atoms with Gasteiger partial charge < -0.3 is 0 Å². The zero-order valence-corrected chi connectivity index (χ0v) is 11.9. The molecule has 3 rings (SSSR count). The second-order valence-corrected chi connectivity index (χ2v) is 5.70. The molecule has 0 bridgehead atoms. The molecule has 0 radical (unpaired) electrons. The number of amides is 1. The first-order valence-electron chi connectivity index (χ1n) is 5.45. The number of Topliss-reactive ketones (excluding diaryl/α,β-unsaturated/α-hetero) is 1. The lowest BCUT2D eigenvalue weighted by molar-refractivity contribution is -0.114. The summed E-state index contributed by atoms with van der Waals surface area (Å²) in [6.45, 7) is 0.321. The van der Waals surface area contributed by atoms with E-state index in [1.54, 1.807) is 6.07 Å². The Bertz CT molecular complexity index is 682. The number of hydrogen-bond donors (Lipinski definition) is 0. The molecular weight excluding hydrogens is 305 g/mol. The van der Waals surface area contributed by atoms with Gasteiger partial charge in [-0.25, -0.2) is 0 Å². The quantitative estimate of drug-likeness (QED) is 0.791. The van der Waals surface area contributed by atoms with Crippen LogP contribution in [0.25, 0.3) is 0 Å². The molecule has 0 atom stereocenters. The van der Waals surface area contributed by atoms with Crippen molar-refractivity contribution >= 4 is 51.9 Å². The van der Waals surface area contributed by atoms with Crippen LogP contribution in [0.5, 0.6) is 0 Å². The van der Waals surface area contributed by atoms with Gasteiger partial charge in [0.15, 0.2) is 0 Å². The summed E-state index contributed by atoms with van der Waals surface area (Å²) in [6, 6.07) is 5.02. The number of ketones is 1. The molecule has 0 N–H and O–H groups in total. The zero-order valence-electron chi connectivity index (χ0n) is 9.52. The molecule has 2 aromatic rings. The van der Waals surface area contributed by atoms with Gasteiger partial charge in [-0.2, -0.15) is 11.3 Å². The predicted octanol–water partition coefficient (Wildman–Crippen LogP) is 3.78. The van der Waals surface area contributed by atoms with Crippen LogP contribution in [0.15, 0.2) is 29.0 Å². The molecule has 1 aliphatic heterocycles. The molecule has 0 saturated heterocycles. The summed E-state index contributed by atoms with van der Waals surface area (Å²) in [4.78, 5) is 25.4. The summed E-state index contributed by atoms with van der Waals surface area (Å²) >= 11 is 13.6. The molecule has 0 fully saturated rings. The molecule has 6 heteroatoms. The van der Waals surface area contributed by atoms with E-state index < -0.39 is 11.7 Å². The van der Waals surface area contributed by atoms with Gasteiger partial charge in [0.2, 0.25) is 0 Å². The summed E-state index contributed by atoms with van der Waals surface area (Å²) in [7, 11) is 0. The smallest absolute Gasteiger partial charge is 0.299 e. The van der Waals surface area contributed by atoms with Crippen molar-refractivity contribution in [3.63, 3.8) is 0 Å². The molecule has 19 heavy (non-hydrogen) atoms. The van der Waals surface area contributed by atoms with E-state index in [2.05, 4.69) is 0 Å². The third kappa shape index (κ3) is 1.96. The van der Waals surface area contributed by atoms with Crippen LogP contribution < -0.4 is 4.90 Å². The van der Waals surface area contributed by atoms with E-state index in [1.807, 2.05) is 16.8 Å². The van der Waals surface area contributed by atoms with Crippen LogP contribution in [0, 0.1) is 0 Å². The number of fused-ring (bicyclic) bond motifs is 1. The Hall–Kier alpha value is -1.36. The Kier molecular flexibility index (Phi) is 3.09. The lowest BCUT2D eigenvalue weighted by Gasteiger charge is -2.17. The van der Waals surface area contributed by atoms with Gasteiger partial charge in [0.05, 0.1) is 27.8 Å². The molecule has 2 heterocycles. The Labute approximate surface area is 123 Å². The van der Waals surface area contributed by atoms with Gasteiger partial charge in [-0.05, 0) is 34.5 Å². The first-order valence-corrected chi connectivity index (χ1v) is 7.14. The van der Waals surface area contributed by atoms with Crippen LogP contribution in [0.1, 0.15) is 15.9 Å². The molecule has 1 aromatic carbocycles. The first kappa shape index (κ1) is 12.7. The monoisotopic (exact) mass is 311 g/mol. The standard InChI is InChI=1S/C13H7Cl2NO2S/c14-8-1-2-9(15)11-10(8)12(17)13(18)16(11)5-7-3-4-19-6-7/h1-4,6H,5H2. The predicted molar refractivity (Wildman–Crippen MR) is 76.3 cm³/mol. The fraction of sp³-hybridized carbons (Fsp3) is 0.0769. The van der Waals surface area contributed by atoms with E-state index in [9.17, 15) is 9.59 Å². The molecule has 3 nitrogen and oxygen atoms in total. The number of carbonyl (C=O) groups is 2. The highest BCUT2D eigenvalue weighted by Crippen LogP contribution is 2.40. The summed E-state index contributed by atoms with van der Waals surface area (Å²) in [5.74, 6) is -1.19. The molecule has 96 valence electrons. The Balaban J connectivity index is 2.12. The third-order valence-corrected chi connectivity index (χ3v) is 4.29. The molecule has 0 aliphatic carbocycles. The number of carbonyl (C=O) groups excluding carboxylic acids is 2. The maximum Gasteiger partial charge on any atom is 0.299 e. The van der Waals surface area contributed by atoms with E-state index in [4.69, 9.17) is 23.2 Å². The molecule has 1 amide bonds. The fourth-order valence-corrected chi connectivity index (χ4v) is 3.23. The van der Waals surface area contributed by atoms with Gasteiger partial charge in [0, 0.05) is 0 Å². The summed E-state index contributed by atoms with van der Waals surface area (Å²) < 4.78 is 0. The average Bonchev–Trinajstić information content (AvgIpc) is 2.97. The van der Waals surface area contributed by atoms with E-state index in [0.717, 1.165) is 5.56 Å². The van der Waals surface area contributed by atoms with Crippen molar-refractivity contribution in [2.45, 2.75) is 6.54 Å². The number of rotatable bonds is 2. The van der Waals surface area contributed by atoms with Crippen LogP contribution in [0.2, 0.25) is 10.0 Å². The average molecular weight is 312 g/mol. The van der Waals surface area contributed by atoms with Crippen molar-refractivity contribution in [1.82, 2.24) is 0 Å². The largest absolute Gasteiger partial charge is 0.299 e. The lowest BCUT2D eigenvalue weighted by atomic mass is 10.1. The maximum absolute atomic E-state index is 12.1. The van der Waals surface area contributed by atoms with E-state index in [0.29, 0.717) is 17.3 Å². The highest BCUT2D eigenvalue weighted by Gasteiger charge is 2.39. The minimum atomic E-state index is -0.599. The van der Waals surface area contributed by atoms with Crippen LogP contribution in [0.4, 0.5) is 5.69 Å². The molecule has 0 saturated carbocycles. The van der Waals surface area contributed by atoms with Crippen molar-refractivity contribution in [3.05, 3.63) is 50.1 Å². The highest BCUT2D eigenvalue weighted by atomic mass is 35.5. The van der Waals surface area contributed by atoms with Crippen LogP contribution in [-0.2, 0) is 11.3 Å². The lowest BCUT2D eigenvalue weighted by Crippen LogP contribution is -2.29. The number of nitrogens with zero attached hydrogens (tertiary/aromatic N) is 1. The van der Waals surface area contributed by atoms with Gasteiger partial charge in [-0.15, -0.1) is 0 Å². The second-order valence-electron chi connectivity index (χ2n) is 4.10. The van der Waals surface area contributed by atoms with Crippen molar-refractivity contribution in [2.24, 2.45) is 0 Å². The zero-order chi connectivity index (χ0) is 13.6. The first-order chi connectivity index (χ1) is 9.09. The second kappa shape index (κ2) is 4.63. The topological polar surface area (TPSA) is 37.4 Å². The van der Waals surface area contributed by atoms with Gasteiger partial charge in [0.1, 0.15) is 0 Å². The SMILES string of the molecule is O=C1C(=O)N(Cc2ccsc2)c2c(Cl)ccc(Cl)c21. The van der Waals surface area contributed by atoms with E-state index >= 15 is 0 Å². The minimum absolute atomic E-state index is 0.203. The number of hydrogen-bond acceptors (Lipinski definition) is 3. The van der Waals surface area contributed by atoms with Crippen LogP contribution in [-0.4, -0.2) is 11.7 Å². The fourth-order valence-electron chi connectivity index (χ4n) is 2.07. The summed E-state index contributed by atoms with van der Waals surface area (Å²) in [5, 5.41) is 4.45. The summed E-state index contributed by atoms with van der Waals surface area (Å²) in [5.41, 5.74) is 1.57. The summed E-state index contributed by atoms with van der Waals surface area (Å²) in [6.07, 6.45) is 0. The van der Waals surface area contributed by atoms with E-state index in [-0.39, 0.29) is 10.6 Å². The number of halogens is 2. The molecule has 1 aromatic heterocycles. The van der Waals surface area contributed by atoms with Crippen LogP contribution >= 0.6 is 34.5 Å². The van der Waals surface area contributed by atoms with Gasteiger partial charge in [-0.3, -0.25) is 14.5 Å². The normalized spacial score (nSPS) is 14.1. The molecular formula is C13H7Cl2NO2S. The Morgan fingerprint density at radius 1 is 1.11 bits per heavy atom. The number of benzene rings is 1. The van der Waals surface area contributed by atoms with Crippen molar-refractivity contribution < 1.29 is 9.59 Å². The molecule has 0 unspecified atom stereocenters. The van der Waals surface area contributed by atoms with E-state index in [1.165, 1.54) is 22.3 Å². The number of anilines is 1. The Morgan fingerprint density at radius 3 is 2.53 bits per heavy atom. The third-order valence-electron chi connectivity index (χ3n) is 2.94. The van der Waals surface area contributed by atoms with Crippen LogP contribution in [0.3, 0.4) is 0 Å². The van der Waals surface area contributed by atoms with Crippen molar-refractivity contribution in [3.8, 4) is 0 Å². The number of thiophene rings is 1. The maximum atomic E-state index is 12.1. The van der Waals surface area contributed by atoms with Gasteiger partial charge in [0.25, 0.3) is 11.7 Å². The molecule has 1 aliphatic rings. The molecule has 0 spiro atoms. The van der Waals surface area contributed by atoms with Crippen molar-refractivity contribution in [1.29, 1.82) is 0 Å². The van der Waals surface area contributed by atoms with Crippen molar-refractivity contribution in [2.75, 3.05) is 4.90 Å². The van der Waals surface area contributed by atoms with Gasteiger partial charge in [-0.1, -0.05) is 23.2 Å².